The minimum atomic E-state index is -0.117. The lowest BCUT2D eigenvalue weighted by Crippen LogP contribution is -2.26. The molecule has 2 aliphatic heterocycles. The van der Waals surface area contributed by atoms with E-state index in [0.717, 1.165) is 100 Å². The van der Waals surface area contributed by atoms with E-state index >= 15 is 0 Å². The van der Waals surface area contributed by atoms with E-state index in [9.17, 15) is 0 Å². The summed E-state index contributed by atoms with van der Waals surface area (Å²) in [5.74, 6) is 1.75. The first-order valence-electron chi connectivity index (χ1n) is 12.7. The summed E-state index contributed by atoms with van der Waals surface area (Å²) in [6.45, 7) is 3.78. The number of benzene rings is 1. The first-order valence-corrected chi connectivity index (χ1v) is 12.7. The van der Waals surface area contributed by atoms with Gasteiger partial charge in [-0.1, -0.05) is 25.0 Å². The van der Waals surface area contributed by atoms with Gasteiger partial charge in [-0.15, -0.1) is 0 Å². The maximum atomic E-state index is 6.00. The lowest BCUT2D eigenvalue weighted by atomic mass is 10.1. The number of rotatable bonds is 11. The van der Waals surface area contributed by atoms with E-state index in [-0.39, 0.29) is 18.7 Å². The van der Waals surface area contributed by atoms with Crippen LogP contribution in [0.25, 0.3) is 11.1 Å². The van der Waals surface area contributed by atoms with Crippen LogP contribution in [0.2, 0.25) is 0 Å². The third-order valence-electron chi connectivity index (χ3n) is 6.33. The van der Waals surface area contributed by atoms with Crippen LogP contribution < -0.4 is 4.74 Å². The largest absolute Gasteiger partial charge is 0.465 e. The Hall–Kier alpha value is -2.02. The maximum absolute atomic E-state index is 6.00. The quantitative estimate of drug-likeness (QED) is 0.383. The third kappa shape index (κ3) is 8.05. The van der Waals surface area contributed by atoms with Crippen molar-refractivity contribution in [3.8, 4) is 16.9 Å². The van der Waals surface area contributed by atoms with Crippen molar-refractivity contribution >= 4 is 0 Å². The summed E-state index contributed by atoms with van der Waals surface area (Å²) in [6.07, 6.45) is 16.1. The minimum Gasteiger partial charge on any atom is -0.465 e. The Kier molecular flexibility index (Phi) is 9.51. The van der Waals surface area contributed by atoms with E-state index in [2.05, 4.69) is 29.0 Å². The van der Waals surface area contributed by atoms with Gasteiger partial charge < -0.3 is 18.9 Å². The minimum absolute atomic E-state index is 0.00954. The normalized spacial score (nSPS) is 22.1. The summed E-state index contributed by atoms with van der Waals surface area (Å²) in [5.41, 5.74) is 2.12. The summed E-state index contributed by atoms with van der Waals surface area (Å²) < 4.78 is 23.2. The molecule has 2 saturated heterocycles. The van der Waals surface area contributed by atoms with E-state index in [1.54, 1.807) is 0 Å². The maximum Gasteiger partial charge on any atom is 0.199 e. The van der Waals surface area contributed by atoms with E-state index in [0.29, 0.717) is 0 Å². The van der Waals surface area contributed by atoms with Crippen molar-refractivity contribution < 1.29 is 18.9 Å². The van der Waals surface area contributed by atoms with E-state index in [4.69, 9.17) is 18.9 Å². The second-order valence-electron chi connectivity index (χ2n) is 9.17. The van der Waals surface area contributed by atoms with Gasteiger partial charge in [0.1, 0.15) is 11.6 Å². The van der Waals surface area contributed by atoms with Crippen molar-refractivity contribution in [1.29, 1.82) is 0 Å². The Morgan fingerprint density at radius 3 is 2.21 bits per heavy atom. The predicted molar refractivity (Wildman–Crippen MR) is 128 cm³/mol. The molecule has 0 spiro atoms. The highest BCUT2D eigenvalue weighted by Gasteiger charge is 2.17. The average Bonchev–Trinajstić information content (AvgIpc) is 2.86. The van der Waals surface area contributed by atoms with Crippen LogP contribution in [-0.4, -0.2) is 41.9 Å². The first-order chi connectivity index (χ1) is 16.3. The van der Waals surface area contributed by atoms with Crippen LogP contribution in [0.4, 0.5) is 0 Å². The Morgan fingerprint density at radius 2 is 1.55 bits per heavy atom. The zero-order valence-corrected chi connectivity index (χ0v) is 19.9. The van der Waals surface area contributed by atoms with Crippen LogP contribution in [0.5, 0.6) is 5.75 Å². The zero-order valence-electron chi connectivity index (χ0n) is 19.9. The fraction of sp³-hybridized carbons (Fsp3) is 0.630. The molecule has 0 bridgehead atoms. The molecule has 1 aromatic carbocycles. The van der Waals surface area contributed by atoms with Gasteiger partial charge in [-0.2, -0.15) is 0 Å². The molecular weight excluding hydrogens is 416 g/mol. The lowest BCUT2D eigenvalue weighted by Gasteiger charge is -2.26. The van der Waals surface area contributed by atoms with Gasteiger partial charge in [-0.05, 0) is 69.6 Å². The monoisotopic (exact) mass is 454 g/mol. The molecule has 1 aromatic heterocycles. The fourth-order valence-electron chi connectivity index (χ4n) is 4.35. The number of aromatic nitrogens is 2. The first kappa shape index (κ1) is 24.1. The van der Waals surface area contributed by atoms with Crippen LogP contribution in [-0.2, 0) is 20.6 Å². The topological polar surface area (TPSA) is 62.7 Å². The second kappa shape index (κ2) is 13.0. The molecule has 180 valence electrons. The molecule has 2 aliphatic rings. The molecule has 0 saturated carbocycles. The van der Waals surface area contributed by atoms with Crippen molar-refractivity contribution in [2.24, 2.45) is 0 Å². The molecule has 33 heavy (non-hydrogen) atoms. The molecule has 0 aliphatic carbocycles. The van der Waals surface area contributed by atoms with Crippen molar-refractivity contribution in [3.63, 3.8) is 0 Å². The zero-order chi connectivity index (χ0) is 22.7. The van der Waals surface area contributed by atoms with Gasteiger partial charge in [0.05, 0.1) is 12.7 Å². The molecule has 0 radical (unpaired) electrons. The van der Waals surface area contributed by atoms with Crippen LogP contribution in [0, 0.1) is 0 Å². The van der Waals surface area contributed by atoms with Crippen LogP contribution in [0.3, 0.4) is 0 Å². The van der Waals surface area contributed by atoms with Crippen molar-refractivity contribution in [1.82, 2.24) is 9.97 Å². The molecule has 2 fully saturated rings. The summed E-state index contributed by atoms with van der Waals surface area (Å²) in [5, 5.41) is 0. The molecule has 4 rings (SSSR count). The number of hydrogen-bond acceptors (Lipinski definition) is 6. The fourth-order valence-corrected chi connectivity index (χ4v) is 4.35. The van der Waals surface area contributed by atoms with Gasteiger partial charge >= 0.3 is 0 Å². The van der Waals surface area contributed by atoms with Crippen LogP contribution in [0.15, 0.2) is 36.7 Å². The molecule has 2 aromatic rings. The van der Waals surface area contributed by atoms with E-state index in [1.807, 2.05) is 24.5 Å². The predicted octanol–water partition coefficient (Wildman–Crippen LogP) is 6.08. The highest BCUT2D eigenvalue weighted by molar-refractivity contribution is 5.62. The van der Waals surface area contributed by atoms with Gasteiger partial charge in [0.2, 0.25) is 0 Å². The Bertz CT molecular complexity index is 800. The standard InChI is InChI=1S/C27H38N2O4/c1-21(32-26-11-5-7-17-30-26)9-3-2-4-10-25-28-19-23(20-29-25)22-13-15-24(16-14-22)33-27-12-6-8-18-31-27/h13-16,19-21,26-27H,2-12,17-18H2,1H3. The molecule has 3 heterocycles. The summed E-state index contributed by atoms with van der Waals surface area (Å²) in [7, 11) is 0. The van der Waals surface area contributed by atoms with Crippen LogP contribution >= 0.6 is 0 Å². The molecule has 0 amide bonds. The SMILES string of the molecule is CC(CCCCCc1ncc(-c2ccc(OC3CCCCO3)cc2)cn1)OC1CCCCO1. The third-order valence-corrected chi connectivity index (χ3v) is 6.33. The van der Waals surface area contributed by atoms with Crippen molar-refractivity contribution in [2.75, 3.05) is 13.2 Å². The Labute approximate surface area is 198 Å². The molecule has 3 atom stereocenters. The van der Waals surface area contributed by atoms with Crippen molar-refractivity contribution in [3.05, 3.63) is 42.5 Å². The Morgan fingerprint density at radius 1 is 0.848 bits per heavy atom. The van der Waals surface area contributed by atoms with Gasteiger partial charge in [0.25, 0.3) is 0 Å². The van der Waals surface area contributed by atoms with Crippen molar-refractivity contribution in [2.45, 2.75) is 96.2 Å². The molecule has 3 unspecified atom stereocenters. The summed E-state index contributed by atoms with van der Waals surface area (Å²) in [6, 6.07) is 8.09. The molecule has 0 N–H and O–H groups in total. The average molecular weight is 455 g/mol. The van der Waals surface area contributed by atoms with Gasteiger partial charge in [-0.3, -0.25) is 0 Å². The highest BCUT2D eigenvalue weighted by Crippen LogP contribution is 2.24. The second-order valence-corrected chi connectivity index (χ2v) is 9.17. The van der Waals surface area contributed by atoms with Gasteiger partial charge in [0.15, 0.2) is 12.6 Å². The number of aryl methyl sites for hydroxylation is 1. The Balaban J connectivity index is 1.14. The van der Waals surface area contributed by atoms with Gasteiger partial charge in [0, 0.05) is 37.4 Å². The van der Waals surface area contributed by atoms with Gasteiger partial charge in [-0.25, -0.2) is 9.97 Å². The number of ether oxygens (including phenoxy) is 4. The number of unbranched alkanes of at least 4 members (excludes halogenated alkanes) is 2. The molecule has 6 heteroatoms. The van der Waals surface area contributed by atoms with E-state index in [1.165, 1.54) is 6.42 Å². The molecule has 6 nitrogen and oxygen atoms in total. The summed E-state index contributed by atoms with van der Waals surface area (Å²) in [4.78, 5) is 9.16. The number of hydrogen-bond donors (Lipinski definition) is 0. The smallest absolute Gasteiger partial charge is 0.199 e. The number of nitrogens with zero attached hydrogens (tertiary/aromatic N) is 2. The van der Waals surface area contributed by atoms with E-state index < -0.39 is 0 Å². The van der Waals surface area contributed by atoms with Crippen LogP contribution in [0.1, 0.15) is 77.0 Å². The summed E-state index contributed by atoms with van der Waals surface area (Å²) >= 11 is 0. The highest BCUT2D eigenvalue weighted by atomic mass is 16.7. The lowest BCUT2D eigenvalue weighted by molar-refractivity contribution is -0.185. The molecular formula is C27H38N2O4.